The molecule has 6 aromatic rings. The number of para-hydroxylation sites is 1. The van der Waals surface area contributed by atoms with E-state index >= 15 is 0 Å². The Morgan fingerprint density at radius 1 is 0.978 bits per heavy atom. The third-order valence-electron chi connectivity index (χ3n) is 8.34. The predicted molar refractivity (Wildman–Crippen MR) is 188 cm³/mol. The number of thiazole rings is 1. The predicted octanol–water partition coefficient (Wildman–Crippen LogP) is 7.06. The Bertz CT molecular complexity index is 2340. The molecule has 0 unspecified atom stereocenters. The molecule has 8 heteroatoms. The van der Waals surface area contributed by atoms with E-state index in [9.17, 15) is 9.59 Å². The van der Waals surface area contributed by atoms with Gasteiger partial charge in [0.2, 0.25) is 0 Å². The Kier molecular flexibility index (Phi) is 8.01. The van der Waals surface area contributed by atoms with E-state index in [2.05, 4.69) is 65.4 Å². The molecule has 0 bridgehead atoms. The van der Waals surface area contributed by atoms with Gasteiger partial charge < -0.3 is 9.30 Å². The number of esters is 1. The average molecular weight is 644 g/mol. The van der Waals surface area contributed by atoms with Crippen molar-refractivity contribution in [1.29, 1.82) is 0 Å². The minimum absolute atomic E-state index is 0.184. The Morgan fingerprint density at radius 2 is 1.70 bits per heavy atom. The molecule has 46 heavy (non-hydrogen) atoms. The van der Waals surface area contributed by atoms with Crippen LogP contribution in [0.25, 0.3) is 27.8 Å². The average Bonchev–Trinajstić information content (AvgIpc) is 3.56. The van der Waals surface area contributed by atoms with Crippen LogP contribution in [-0.4, -0.2) is 27.5 Å². The molecule has 0 saturated heterocycles. The van der Waals surface area contributed by atoms with Gasteiger partial charge in [-0.1, -0.05) is 84.1 Å². The molecule has 3 heterocycles. The third-order valence-corrected chi connectivity index (χ3v) is 10.1. The minimum Gasteiger partial charge on any atom is -0.459 e. The molecule has 0 fully saturated rings. The first-order chi connectivity index (χ1) is 22.3. The third kappa shape index (κ3) is 5.42. The topological polar surface area (TPSA) is 65.6 Å². The number of rotatable bonds is 7. The van der Waals surface area contributed by atoms with Crippen LogP contribution in [0.5, 0.6) is 0 Å². The van der Waals surface area contributed by atoms with Crippen LogP contribution in [0.2, 0.25) is 0 Å². The summed E-state index contributed by atoms with van der Waals surface area (Å²) in [4.78, 5) is 34.2. The monoisotopic (exact) mass is 643 g/mol. The summed E-state index contributed by atoms with van der Waals surface area (Å²) < 4.78 is 10.1. The van der Waals surface area contributed by atoms with Crippen LogP contribution < -0.4 is 14.9 Å². The second kappa shape index (κ2) is 12.3. The molecular formula is C38H33N3O3S2. The van der Waals surface area contributed by atoms with E-state index in [1.165, 1.54) is 27.7 Å². The second-order valence-electron chi connectivity index (χ2n) is 11.7. The van der Waals surface area contributed by atoms with Gasteiger partial charge >= 0.3 is 5.97 Å². The molecule has 2 aromatic heterocycles. The zero-order valence-corrected chi connectivity index (χ0v) is 27.7. The van der Waals surface area contributed by atoms with Gasteiger partial charge in [0.05, 0.1) is 27.9 Å². The first kappa shape index (κ1) is 30.0. The summed E-state index contributed by atoms with van der Waals surface area (Å²) >= 11 is 2.99. The van der Waals surface area contributed by atoms with Gasteiger partial charge in [-0.25, -0.2) is 9.79 Å². The largest absolute Gasteiger partial charge is 0.459 e. The quantitative estimate of drug-likeness (QED) is 0.138. The molecule has 0 amide bonds. The number of thioether (sulfide) groups is 1. The zero-order chi connectivity index (χ0) is 31.9. The van der Waals surface area contributed by atoms with Crippen molar-refractivity contribution in [2.45, 2.75) is 44.4 Å². The summed E-state index contributed by atoms with van der Waals surface area (Å²) in [6.07, 6.45) is 5.81. The van der Waals surface area contributed by atoms with Gasteiger partial charge in [0.15, 0.2) is 4.80 Å². The van der Waals surface area contributed by atoms with Crippen LogP contribution >= 0.6 is 23.1 Å². The molecule has 7 rings (SSSR count). The van der Waals surface area contributed by atoms with Gasteiger partial charge in [0.25, 0.3) is 5.56 Å². The molecule has 6 nitrogen and oxygen atoms in total. The summed E-state index contributed by atoms with van der Waals surface area (Å²) in [5, 5.41) is 3.50. The second-order valence-corrected chi connectivity index (χ2v) is 13.6. The normalized spacial score (nSPS) is 15.1. The highest BCUT2D eigenvalue weighted by Crippen LogP contribution is 2.32. The van der Waals surface area contributed by atoms with Crippen LogP contribution in [0.1, 0.15) is 43.5 Å². The SMILES string of the molecule is CSc1ccc([C@H]2C(C(=O)OC(C)C)=C(C)N=c3s/c(=C\c4cn(Cc5cccc6ccccc56)c5ccccc45)c(=O)n32)cc1. The Balaban J connectivity index is 1.37. The number of hydrogen-bond acceptors (Lipinski definition) is 6. The van der Waals surface area contributed by atoms with Gasteiger partial charge in [-0.15, -0.1) is 11.8 Å². The van der Waals surface area contributed by atoms with E-state index in [0.717, 1.165) is 26.9 Å². The number of allylic oxidation sites excluding steroid dienone is 1. The number of nitrogens with zero attached hydrogens (tertiary/aromatic N) is 3. The Labute approximate surface area is 275 Å². The van der Waals surface area contributed by atoms with Crippen LogP contribution in [0.3, 0.4) is 0 Å². The molecule has 0 radical (unpaired) electrons. The molecule has 0 spiro atoms. The summed E-state index contributed by atoms with van der Waals surface area (Å²) in [5.41, 5.74) is 4.87. The molecule has 0 N–H and O–H groups in total. The first-order valence-electron chi connectivity index (χ1n) is 15.2. The van der Waals surface area contributed by atoms with Gasteiger partial charge in [-0.05, 0) is 73.2 Å². The lowest BCUT2D eigenvalue weighted by atomic mass is 9.96. The van der Waals surface area contributed by atoms with Crippen molar-refractivity contribution in [3.8, 4) is 0 Å². The van der Waals surface area contributed by atoms with E-state index in [-0.39, 0.29) is 11.7 Å². The van der Waals surface area contributed by atoms with Crippen molar-refractivity contribution in [2.75, 3.05) is 6.26 Å². The van der Waals surface area contributed by atoms with Crippen LogP contribution in [-0.2, 0) is 16.1 Å². The van der Waals surface area contributed by atoms with Crippen molar-refractivity contribution < 1.29 is 9.53 Å². The fourth-order valence-corrected chi connectivity index (χ4v) is 7.68. The first-order valence-corrected chi connectivity index (χ1v) is 17.3. The number of fused-ring (bicyclic) bond motifs is 3. The Hall–Kier alpha value is -4.66. The van der Waals surface area contributed by atoms with Crippen molar-refractivity contribution >= 4 is 56.8 Å². The molecule has 1 aliphatic heterocycles. The van der Waals surface area contributed by atoms with E-state index in [1.807, 2.05) is 69.5 Å². The molecule has 1 aliphatic rings. The summed E-state index contributed by atoms with van der Waals surface area (Å²) in [5.74, 6) is -0.457. The van der Waals surface area contributed by atoms with E-state index in [4.69, 9.17) is 9.73 Å². The van der Waals surface area contributed by atoms with E-state index < -0.39 is 12.0 Å². The number of carbonyl (C=O) groups is 1. The van der Waals surface area contributed by atoms with Crippen molar-refractivity contribution in [2.24, 2.45) is 4.99 Å². The summed E-state index contributed by atoms with van der Waals surface area (Å²) in [7, 11) is 0. The maximum absolute atomic E-state index is 14.3. The van der Waals surface area contributed by atoms with Crippen LogP contribution in [0, 0.1) is 0 Å². The molecular weight excluding hydrogens is 611 g/mol. The van der Waals surface area contributed by atoms with Gasteiger partial charge in [0.1, 0.15) is 0 Å². The summed E-state index contributed by atoms with van der Waals surface area (Å²) in [6.45, 7) is 6.16. The molecule has 1 atom stereocenters. The zero-order valence-electron chi connectivity index (χ0n) is 26.1. The molecule has 0 aliphatic carbocycles. The highest BCUT2D eigenvalue weighted by Gasteiger charge is 2.33. The smallest absolute Gasteiger partial charge is 0.338 e. The Morgan fingerprint density at radius 3 is 2.46 bits per heavy atom. The highest BCUT2D eigenvalue weighted by atomic mass is 32.2. The fourth-order valence-electron chi connectivity index (χ4n) is 6.24. The lowest BCUT2D eigenvalue weighted by Gasteiger charge is -2.25. The maximum Gasteiger partial charge on any atom is 0.338 e. The van der Waals surface area contributed by atoms with Crippen molar-refractivity contribution in [3.63, 3.8) is 0 Å². The minimum atomic E-state index is -0.645. The maximum atomic E-state index is 14.3. The van der Waals surface area contributed by atoms with Crippen LogP contribution in [0.4, 0.5) is 0 Å². The van der Waals surface area contributed by atoms with Crippen molar-refractivity contribution in [3.05, 3.63) is 145 Å². The molecule has 4 aromatic carbocycles. The molecule has 230 valence electrons. The number of carbonyl (C=O) groups excluding carboxylic acids is 1. The van der Waals surface area contributed by atoms with Crippen molar-refractivity contribution in [1.82, 2.24) is 9.13 Å². The van der Waals surface area contributed by atoms with E-state index in [1.54, 1.807) is 16.3 Å². The van der Waals surface area contributed by atoms with Crippen LogP contribution in [0.15, 0.2) is 123 Å². The lowest BCUT2D eigenvalue weighted by Crippen LogP contribution is -2.40. The summed E-state index contributed by atoms with van der Waals surface area (Å²) in [6, 6.07) is 30.5. The standard InChI is InChI=1S/C38H33N3O3S2/c1-23(2)44-37(43)34-24(3)39-38-41(35(34)26-16-18-29(45-4)19-17-26)36(42)33(46-38)20-28-22-40(32-15-8-7-14-31(28)32)21-27-12-9-11-25-10-5-6-13-30(25)27/h5-20,22-23,35H,21H2,1-4H3/b33-20-/t35-/m0/s1. The molecule has 0 saturated carbocycles. The number of benzene rings is 4. The van der Waals surface area contributed by atoms with Gasteiger partial charge in [0, 0.05) is 34.1 Å². The van der Waals surface area contributed by atoms with Gasteiger partial charge in [-0.3, -0.25) is 9.36 Å². The number of ether oxygens (including phenoxy) is 1. The lowest BCUT2D eigenvalue weighted by molar-refractivity contribution is -0.143. The number of hydrogen-bond donors (Lipinski definition) is 0. The van der Waals surface area contributed by atoms with Gasteiger partial charge in [-0.2, -0.15) is 0 Å². The van der Waals surface area contributed by atoms with E-state index in [0.29, 0.717) is 27.1 Å². The highest BCUT2D eigenvalue weighted by molar-refractivity contribution is 7.98. The number of aromatic nitrogens is 2. The fraction of sp³-hybridized carbons (Fsp3) is 0.184.